The van der Waals surface area contributed by atoms with Crippen molar-refractivity contribution >= 4 is 40.7 Å². The van der Waals surface area contributed by atoms with Crippen LogP contribution in [0.3, 0.4) is 0 Å². The fourth-order valence-electron chi connectivity index (χ4n) is 2.65. The summed E-state index contributed by atoms with van der Waals surface area (Å²) >= 11 is 11.8. The van der Waals surface area contributed by atoms with Crippen LogP contribution in [0.2, 0.25) is 10.0 Å². The monoisotopic (exact) mass is 392 g/mol. The molecule has 0 saturated carbocycles. The zero-order valence-electron chi connectivity index (χ0n) is 14.2. The molecule has 2 amide bonds. The van der Waals surface area contributed by atoms with Gasteiger partial charge in [0, 0.05) is 44.3 Å². The van der Waals surface area contributed by atoms with Crippen LogP contribution in [-0.2, 0) is 0 Å². The lowest BCUT2D eigenvalue weighted by atomic mass is 10.1. The molecular weight excluding hydrogens is 375 g/mol. The van der Waals surface area contributed by atoms with Gasteiger partial charge in [0.05, 0.1) is 21.2 Å². The van der Waals surface area contributed by atoms with E-state index in [1.807, 2.05) is 7.05 Å². The van der Waals surface area contributed by atoms with Gasteiger partial charge in [-0.2, -0.15) is 0 Å². The van der Waals surface area contributed by atoms with E-state index in [-0.39, 0.29) is 11.8 Å². The molecule has 1 aliphatic heterocycles. The van der Waals surface area contributed by atoms with Crippen LogP contribution in [0.25, 0.3) is 0 Å². The van der Waals surface area contributed by atoms with Crippen molar-refractivity contribution in [2.45, 2.75) is 0 Å². The van der Waals surface area contributed by atoms with E-state index in [0.717, 1.165) is 13.1 Å². The molecule has 2 aromatic rings. The van der Waals surface area contributed by atoms with Gasteiger partial charge in [-0.3, -0.25) is 14.6 Å². The third-order valence-corrected chi connectivity index (χ3v) is 4.95. The Labute approximate surface area is 161 Å². The topological polar surface area (TPSA) is 65.5 Å². The number of aromatic nitrogens is 1. The number of pyridine rings is 1. The third-order valence-electron chi connectivity index (χ3n) is 4.22. The summed E-state index contributed by atoms with van der Waals surface area (Å²) in [7, 11) is 2.03. The van der Waals surface area contributed by atoms with Crippen LogP contribution in [-0.4, -0.2) is 59.8 Å². The van der Waals surface area contributed by atoms with Crippen LogP contribution < -0.4 is 5.32 Å². The van der Waals surface area contributed by atoms with Gasteiger partial charge >= 0.3 is 0 Å². The first kappa shape index (κ1) is 18.6. The summed E-state index contributed by atoms with van der Waals surface area (Å²) in [4.78, 5) is 33.1. The minimum absolute atomic E-state index is 0.116. The molecule has 0 aliphatic carbocycles. The summed E-state index contributed by atoms with van der Waals surface area (Å²) in [5.74, 6) is -0.487. The fraction of sp³-hybridized carbons (Fsp3) is 0.278. The maximum Gasteiger partial charge on any atom is 0.257 e. The molecule has 0 spiro atoms. The van der Waals surface area contributed by atoms with E-state index in [9.17, 15) is 9.59 Å². The molecule has 136 valence electrons. The van der Waals surface area contributed by atoms with Gasteiger partial charge in [0.15, 0.2) is 0 Å². The molecule has 8 heteroatoms. The van der Waals surface area contributed by atoms with Crippen LogP contribution in [0.4, 0.5) is 5.69 Å². The molecule has 0 atom stereocenters. The first-order valence-corrected chi connectivity index (χ1v) is 8.89. The molecule has 1 aliphatic rings. The zero-order chi connectivity index (χ0) is 18.7. The number of carbonyl (C=O) groups is 2. The second-order valence-corrected chi connectivity index (χ2v) is 6.96. The van der Waals surface area contributed by atoms with Crippen LogP contribution >= 0.6 is 23.2 Å². The highest BCUT2D eigenvalue weighted by atomic mass is 35.5. The molecule has 0 bridgehead atoms. The summed E-state index contributed by atoms with van der Waals surface area (Å²) in [6.07, 6.45) is 2.91. The Morgan fingerprint density at radius 3 is 2.38 bits per heavy atom. The van der Waals surface area contributed by atoms with Crippen molar-refractivity contribution in [2.75, 3.05) is 38.5 Å². The van der Waals surface area contributed by atoms with E-state index in [1.54, 1.807) is 29.2 Å². The smallest absolute Gasteiger partial charge is 0.257 e. The van der Waals surface area contributed by atoms with Crippen molar-refractivity contribution in [1.82, 2.24) is 14.8 Å². The van der Waals surface area contributed by atoms with Crippen molar-refractivity contribution in [2.24, 2.45) is 0 Å². The summed E-state index contributed by atoms with van der Waals surface area (Å²) in [5, 5.41) is 3.48. The lowest BCUT2D eigenvalue weighted by Crippen LogP contribution is -2.47. The lowest BCUT2D eigenvalue weighted by molar-refractivity contribution is 0.0663. The van der Waals surface area contributed by atoms with Gasteiger partial charge in [-0.1, -0.05) is 23.2 Å². The molecule has 3 rings (SSSR count). The average molecular weight is 393 g/mol. The van der Waals surface area contributed by atoms with E-state index in [0.29, 0.717) is 39.9 Å². The number of hydrogen-bond acceptors (Lipinski definition) is 4. The standard InChI is InChI=1S/C18H18Cl2N4O2/c1-23-4-6-24(7-5-23)18(26)13-8-12(10-21-11-13)17(25)22-14-2-3-15(19)16(20)9-14/h2-3,8-11H,4-7H2,1H3,(H,22,25). The molecule has 2 heterocycles. The van der Waals surface area contributed by atoms with E-state index in [4.69, 9.17) is 23.2 Å². The number of nitrogens with zero attached hydrogens (tertiary/aromatic N) is 3. The zero-order valence-corrected chi connectivity index (χ0v) is 15.7. The Morgan fingerprint density at radius 1 is 1.00 bits per heavy atom. The van der Waals surface area contributed by atoms with Crippen LogP contribution in [0.5, 0.6) is 0 Å². The van der Waals surface area contributed by atoms with Gasteiger partial charge < -0.3 is 15.1 Å². The predicted octanol–water partition coefficient (Wildman–Crippen LogP) is 3.03. The van der Waals surface area contributed by atoms with Gasteiger partial charge in [-0.05, 0) is 31.3 Å². The van der Waals surface area contributed by atoms with Gasteiger partial charge in [0.2, 0.25) is 0 Å². The Bertz CT molecular complexity index is 836. The van der Waals surface area contributed by atoms with Gasteiger partial charge in [0.25, 0.3) is 11.8 Å². The van der Waals surface area contributed by atoms with Crippen LogP contribution in [0, 0.1) is 0 Å². The quantitative estimate of drug-likeness (QED) is 0.871. The van der Waals surface area contributed by atoms with E-state index in [2.05, 4.69) is 15.2 Å². The molecule has 1 aromatic carbocycles. The Kier molecular flexibility index (Phi) is 5.76. The Balaban J connectivity index is 1.72. The maximum absolute atomic E-state index is 12.6. The first-order chi connectivity index (χ1) is 12.4. The number of halogens is 2. The second kappa shape index (κ2) is 8.03. The highest BCUT2D eigenvalue weighted by Crippen LogP contribution is 2.25. The van der Waals surface area contributed by atoms with E-state index >= 15 is 0 Å². The Morgan fingerprint density at radius 2 is 1.69 bits per heavy atom. The third kappa shape index (κ3) is 4.33. The van der Waals surface area contributed by atoms with Crippen molar-refractivity contribution in [3.05, 3.63) is 57.8 Å². The number of piperazine rings is 1. The van der Waals surface area contributed by atoms with Crippen molar-refractivity contribution < 1.29 is 9.59 Å². The summed E-state index contributed by atoms with van der Waals surface area (Å²) in [5.41, 5.74) is 1.22. The lowest BCUT2D eigenvalue weighted by Gasteiger charge is -2.32. The number of carbonyl (C=O) groups excluding carboxylic acids is 2. The highest BCUT2D eigenvalue weighted by molar-refractivity contribution is 6.42. The molecule has 0 radical (unpaired) electrons. The number of rotatable bonds is 3. The number of benzene rings is 1. The largest absolute Gasteiger partial charge is 0.336 e. The van der Waals surface area contributed by atoms with Gasteiger partial charge in [0.1, 0.15) is 0 Å². The maximum atomic E-state index is 12.6. The average Bonchev–Trinajstić information content (AvgIpc) is 2.65. The molecule has 6 nitrogen and oxygen atoms in total. The first-order valence-electron chi connectivity index (χ1n) is 8.13. The SMILES string of the molecule is CN1CCN(C(=O)c2cncc(C(=O)Nc3ccc(Cl)c(Cl)c3)c2)CC1. The molecule has 1 saturated heterocycles. The van der Waals surface area contributed by atoms with E-state index in [1.165, 1.54) is 12.4 Å². The number of amides is 2. The predicted molar refractivity (Wildman–Crippen MR) is 102 cm³/mol. The molecule has 0 unspecified atom stereocenters. The number of likely N-dealkylation sites (N-methyl/N-ethyl adjacent to an activating group) is 1. The molecular formula is C18H18Cl2N4O2. The Hall–Kier alpha value is -2.15. The van der Waals surface area contributed by atoms with Crippen molar-refractivity contribution in [3.8, 4) is 0 Å². The van der Waals surface area contributed by atoms with Crippen LogP contribution in [0.15, 0.2) is 36.7 Å². The molecule has 1 N–H and O–H groups in total. The minimum atomic E-state index is -0.371. The summed E-state index contributed by atoms with van der Waals surface area (Å²) in [6.45, 7) is 2.98. The molecule has 1 aromatic heterocycles. The second-order valence-electron chi connectivity index (χ2n) is 6.14. The minimum Gasteiger partial charge on any atom is -0.336 e. The van der Waals surface area contributed by atoms with Crippen LogP contribution in [0.1, 0.15) is 20.7 Å². The van der Waals surface area contributed by atoms with Gasteiger partial charge in [-0.25, -0.2) is 0 Å². The fourth-order valence-corrected chi connectivity index (χ4v) is 2.95. The van der Waals surface area contributed by atoms with Crippen molar-refractivity contribution in [3.63, 3.8) is 0 Å². The normalized spacial score (nSPS) is 15.0. The van der Waals surface area contributed by atoms with Crippen molar-refractivity contribution in [1.29, 1.82) is 0 Å². The number of anilines is 1. The highest BCUT2D eigenvalue weighted by Gasteiger charge is 2.21. The van der Waals surface area contributed by atoms with E-state index < -0.39 is 0 Å². The molecule has 1 fully saturated rings. The van der Waals surface area contributed by atoms with Gasteiger partial charge in [-0.15, -0.1) is 0 Å². The number of hydrogen-bond donors (Lipinski definition) is 1. The molecule has 26 heavy (non-hydrogen) atoms. The number of nitrogens with one attached hydrogen (secondary N) is 1. The summed E-state index contributed by atoms with van der Waals surface area (Å²) < 4.78 is 0. The summed E-state index contributed by atoms with van der Waals surface area (Å²) in [6, 6.07) is 6.37.